The summed E-state index contributed by atoms with van der Waals surface area (Å²) in [5, 5.41) is 0. The lowest BCUT2D eigenvalue weighted by Crippen LogP contribution is -2.56. The molecule has 104 valence electrons. The normalized spacial score (nSPS) is 24.6. The molecule has 0 N–H and O–H groups in total. The van der Waals surface area contributed by atoms with Crippen LogP contribution in [0, 0.1) is 5.82 Å². The molecule has 3 nitrogen and oxygen atoms in total. The molecule has 1 aromatic carbocycles. The number of rotatable bonds is 1. The van der Waals surface area contributed by atoms with Crippen molar-refractivity contribution in [2.45, 2.75) is 25.9 Å². The molecule has 0 spiro atoms. The smallest absolute Gasteiger partial charge is 0.255 e. The van der Waals surface area contributed by atoms with Crippen LogP contribution in [0.1, 0.15) is 24.2 Å². The molecule has 1 amide bonds. The van der Waals surface area contributed by atoms with E-state index in [9.17, 15) is 9.18 Å². The molecule has 1 heterocycles. The molecule has 1 aromatic rings. The van der Waals surface area contributed by atoms with Crippen LogP contribution in [0.25, 0.3) is 0 Å². The molecule has 5 heteroatoms. The van der Waals surface area contributed by atoms with E-state index < -0.39 is 0 Å². The van der Waals surface area contributed by atoms with Gasteiger partial charge in [-0.2, -0.15) is 0 Å². The second-order valence-corrected chi connectivity index (χ2v) is 6.05. The van der Waals surface area contributed by atoms with Gasteiger partial charge in [0.1, 0.15) is 5.82 Å². The van der Waals surface area contributed by atoms with E-state index in [0.29, 0.717) is 35.2 Å². The Bertz CT molecular complexity index is 482. The maximum atomic E-state index is 13.1. The first-order chi connectivity index (χ1) is 8.90. The molecule has 2 rings (SSSR count). The van der Waals surface area contributed by atoms with Crippen molar-refractivity contribution in [2.75, 3.05) is 20.1 Å². The highest BCUT2D eigenvalue weighted by Crippen LogP contribution is 2.22. The summed E-state index contributed by atoms with van der Waals surface area (Å²) in [4.78, 5) is 16.6. The standard InChI is InChI=1S/C14H18BrFN2O/c1-9-7-18(8-10(2)17(9)3)14(19)12-5-4-11(16)6-13(12)15/h4-6,9-10H,7-8H2,1-3H3. The number of amides is 1. The highest BCUT2D eigenvalue weighted by atomic mass is 79.9. The Hall–Kier alpha value is -0.940. The molecule has 0 saturated carbocycles. The maximum Gasteiger partial charge on any atom is 0.255 e. The first-order valence-electron chi connectivity index (χ1n) is 6.36. The quantitative estimate of drug-likeness (QED) is 0.791. The third-order valence-corrected chi connectivity index (χ3v) is 4.46. The predicted molar refractivity (Wildman–Crippen MR) is 76.7 cm³/mol. The van der Waals surface area contributed by atoms with Gasteiger partial charge in [-0.25, -0.2) is 4.39 Å². The van der Waals surface area contributed by atoms with E-state index in [1.807, 2.05) is 4.90 Å². The Labute approximate surface area is 121 Å². The molecule has 1 saturated heterocycles. The molecule has 1 fully saturated rings. The maximum absolute atomic E-state index is 13.1. The van der Waals surface area contributed by atoms with Gasteiger partial charge in [0.2, 0.25) is 0 Å². The number of carbonyl (C=O) groups excluding carboxylic acids is 1. The summed E-state index contributed by atoms with van der Waals surface area (Å²) >= 11 is 3.26. The predicted octanol–water partition coefficient (Wildman–Crippen LogP) is 2.75. The van der Waals surface area contributed by atoms with E-state index in [2.05, 4.69) is 41.7 Å². The molecule has 0 aromatic heterocycles. The highest BCUT2D eigenvalue weighted by Gasteiger charge is 2.30. The minimum Gasteiger partial charge on any atom is -0.335 e. The summed E-state index contributed by atoms with van der Waals surface area (Å²) in [6.07, 6.45) is 0. The van der Waals surface area contributed by atoms with Crippen LogP contribution in [-0.2, 0) is 0 Å². The Morgan fingerprint density at radius 1 is 1.32 bits per heavy atom. The van der Waals surface area contributed by atoms with Crippen molar-refractivity contribution in [1.29, 1.82) is 0 Å². The zero-order valence-corrected chi connectivity index (χ0v) is 12.9. The van der Waals surface area contributed by atoms with Gasteiger partial charge in [0.25, 0.3) is 5.91 Å². The number of benzene rings is 1. The number of likely N-dealkylation sites (N-methyl/N-ethyl adjacent to an activating group) is 1. The van der Waals surface area contributed by atoms with Crippen molar-refractivity contribution in [3.05, 3.63) is 34.1 Å². The summed E-state index contributed by atoms with van der Waals surface area (Å²) < 4.78 is 13.6. The van der Waals surface area contributed by atoms with E-state index in [1.54, 1.807) is 0 Å². The van der Waals surface area contributed by atoms with Crippen molar-refractivity contribution in [3.63, 3.8) is 0 Å². The average molecular weight is 329 g/mol. The number of nitrogens with zero attached hydrogens (tertiary/aromatic N) is 2. The summed E-state index contributed by atoms with van der Waals surface area (Å²) in [6, 6.07) is 4.84. The Morgan fingerprint density at radius 3 is 2.42 bits per heavy atom. The van der Waals surface area contributed by atoms with Crippen molar-refractivity contribution in [2.24, 2.45) is 0 Å². The number of halogens is 2. The summed E-state index contributed by atoms with van der Waals surface area (Å²) in [6.45, 7) is 5.61. The lowest BCUT2D eigenvalue weighted by molar-refractivity contribution is 0.0413. The van der Waals surface area contributed by atoms with E-state index in [-0.39, 0.29) is 11.7 Å². The molecule has 1 aliphatic rings. The molecule has 2 unspecified atom stereocenters. The van der Waals surface area contributed by atoms with Gasteiger partial charge in [0.15, 0.2) is 0 Å². The lowest BCUT2D eigenvalue weighted by atomic mass is 10.1. The van der Waals surface area contributed by atoms with Gasteiger partial charge in [-0.1, -0.05) is 0 Å². The topological polar surface area (TPSA) is 23.6 Å². The summed E-state index contributed by atoms with van der Waals surface area (Å²) in [5.74, 6) is -0.387. The van der Waals surface area contributed by atoms with E-state index in [0.717, 1.165) is 0 Å². The van der Waals surface area contributed by atoms with Gasteiger partial charge < -0.3 is 4.90 Å². The summed E-state index contributed by atoms with van der Waals surface area (Å²) in [5.41, 5.74) is 0.519. The van der Waals surface area contributed by atoms with Crippen molar-refractivity contribution in [1.82, 2.24) is 9.80 Å². The monoisotopic (exact) mass is 328 g/mol. The van der Waals surface area contributed by atoms with Crippen LogP contribution in [0.3, 0.4) is 0 Å². The SMILES string of the molecule is CC1CN(C(=O)c2ccc(F)cc2Br)CC(C)N1C. The molecule has 19 heavy (non-hydrogen) atoms. The summed E-state index contributed by atoms with van der Waals surface area (Å²) in [7, 11) is 2.07. The highest BCUT2D eigenvalue weighted by molar-refractivity contribution is 9.10. The molecule has 0 aliphatic carbocycles. The molecular weight excluding hydrogens is 311 g/mol. The van der Waals surface area contributed by atoms with Crippen LogP contribution in [0.2, 0.25) is 0 Å². The van der Waals surface area contributed by atoms with Crippen LogP contribution in [0.5, 0.6) is 0 Å². The molecule has 1 aliphatic heterocycles. The van der Waals surface area contributed by atoms with Crippen molar-refractivity contribution >= 4 is 21.8 Å². The third kappa shape index (κ3) is 2.98. The fraction of sp³-hybridized carbons (Fsp3) is 0.500. The first-order valence-corrected chi connectivity index (χ1v) is 7.15. The average Bonchev–Trinajstić information content (AvgIpc) is 2.34. The number of hydrogen-bond acceptors (Lipinski definition) is 2. The molecule has 2 atom stereocenters. The van der Waals surface area contributed by atoms with E-state index in [1.165, 1.54) is 18.2 Å². The van der Waals surface area contributed by atoms with Gasteiger partial charge in [-0.05, 0) is 55.0 Å². The molecule has 0 radical (unpaired) electrons. The van der Waals surface area contributed by atoms with Gasteiger partial charge in [0, 0.05) is 29.6 Å². The lowest BCUT2D eigenvalue weighted by Gasteiger charge is -2.42. The second-order valence-electron chi connectivity index (χ2n) is 5.20. The van der Waals surface area contributed by atoms with Crippen LogP contribution < -0.4 is 0 Å². The fourth-order valence-electron chi connectivity index (χ4n) is 2.40. The number of carbonyl (C=O) groups is 1. The van der Waals surface area contributed by atoms with Gasteiger partial charge in [-0.15, -0.1) is 0 Å². The van der Waals surface area contributed by atoms with E-state index in [4.69, 9.17) is 0 Å². The number of hydrogen-bond donors (Lipinski definition) is 0. The first kappa shape index (κ1) is 14.5. The zero-order valence-electron chi connectivity index (χ0n) is 11.4. The van der Waals surface area contributed by atoms with E-state index >= 15 is 0 Å². The largest absolute Gasteiger partial charge is 0.335 e. The fourth-order valence-corrected chi connectivity index (χ4v) is 2.92. The van der Waals surface area contributed by atoms with Crippen molar-refractivity contribution < 1.29 is 9.18 Å². The van der Waals surface area contributed by atoms with Gasteiger partial charge in [0.05, 0.1) is 5.56 Å². The van der Waals surface area contributed by atoms with Gasteiger partial charge >= 0.3 is 0 Å². The van der Waals surface area contributed by atoms with Crippen LogP contribution >= 0.6 is 15.9 Å². The van der Waals surface area contributed by atoms with Crippen molar-refractivity contribution in [3.8, 4) is 0 Å². The molecule has 0 bridgehead atoms. The minimum atomic E-state index is -0.344. The third-order valence-electron chi connectivity index (χ3n) is 3.81. The van der Waals surface area contributed by atoms with Crippen LogP contribution in [-0.4, -0.2) is 47.9 Å². The van der Waals surface area contributed by atoms with Crippen LogP contribution in [0.4, 0.5) is 4.39 Å². The Kier molecular flexibility index (Phi) is 4.26. The van der Waals surface area contributed by atoms with Crippen LogP contribution in [0.15, 0.2) is 22.7 Å². The number of piperazine rings is 1. The zero-order chi connectivity index (χ0) is 14.2. The molecular formula is C14H18BrFN2O. The minimum absolute atomic E-state index is 0.0429. The van der Waals surface area contributed by atoms with Gasteiger partial charge in [-0.3, -0.25) is 9.69 Å². The second kappa shape index (κ2) is 5.59. The Balaban J connectivity index is 2.20. The Morgan fingerprint density at radius 2 is 1.89 bits per heavy atom.